The smallest absolute Gasteiger partial charge is 0.358 e. The van der Waals surface area contributed by atoms with E-state index in [0.29, 0.717) is 5.92 Å². The molecule has 0 aliphatic carbocycles. The summed E-state index contributed by atoms with van der Waals surface area (Å²) < 4.78 is 5.20. The molecular formula is C11H15ClN2O2. The number of aromatic nitrogens is 2. The van der Waals surface area contributed by atoms with Gasteiger partial charge in [0.1, 0.15) is 5.15 Å². The van der Waals surface area contributed by atoms with E-state index < -0.39 is 5.97 Å². The summed E-state index contributed by atoms with van der Waals surface area (Å²) in [6, 6.07) is 0. The van der Waals surface area contributed by atoms with Gasteiger partial charge in [0.25, 0.3) is 0 Å². The van der Waals surface area contributed by atoms with Gasteiger partial charge in [-0.05, 0) is 19.3 Å². The first-order chi connectivity index (χ1) is 7.49. The molecule has 1 heterocycles. The van der Waals surface area contributed by atoms with Gasteiger partial charge in [-0.1, -0.05) is 25.4 Å². The SMILES string of the molecule is CC(C)CC(C)OC(=O)c1cnc(Cl)cn1. The second-order valence-corrected chi connectivity index (χ2v) is 4.46. The minimum atomic E-state index is -0.461. The lowest BCUT2D eigenvalue weighted by atomic mass is 10.1. The second-order valence-electron chi connectivity index (χ2n) is 4.07. The molecule has 4 nitrogen and oxygen atoms in total. The van der Waals surface area contributed by atoms with Crippen LogP contribution in [0.15, 0.2) is 12.4 Å². The van der Waals surface area contributed by atoms with Crippen molar-refractivity contribution in [1.82, 2.24) is 9.97 Å². The van der Waals surface area contributed by atoms with Crippen molar-refractivity contribution >= 4 is 17.6 Å². The Labute approximate surface area is 100 Å². The Morgan fingerprint density at radius 1 is 1.38 bits per heavy atom. The number of halogens is 1. The fraction of sp³-hybridized carbons (Fsp3) is 0.545. The summed E-state index contributed by atoms with van der Waals surface area (Å²) in [5.74, 6) is 0.0245. The number of carbonyl (C=O) groups excluding carboxylic acids is 1. The van der Waals surface area contributed by atoms with Gasteiger partial charge < -0.3 is 4.74 Å². The van der Waals surface area contributed by atoms with Crippen LogP contribution in [0.3, 0.4) is 0 Å². The van der Waals surface area contributed by atoms with Crippen LogP contribution in [0.5, 0.6) is 0 Å². The number of hydrogen-bond donors (Lipinski definition) is 0. The number of hydrogen-bond acceptors (Lipinski definition) is 4. The van der Waals surface area contributed by atoms with Crippen molar-refractivity contribution in [1.29, 1.82) is 0 Å². The highest BCUT2D eigenvalue weighted by atomic mass is 35.5. The highest BCUT2D eigenvalue weighted by Gasteiger charge is 2.14. The topological polar surface area (TPSA) is 52.1 Å². The van der Waals surface area contributed by atoms with Crippen molar-refractivity contribution < 1.29 is 9.53 Å². The van der Waals surface area contributed by atoms with E-state index >= 15 is 0 Å². The third-order valence-corrected chi connectivity index (χ3v) is 2.14. The Bertz CT molecular complexity index is 352. The summed E-state index contributed by atoms with van der Waals surface area (Å²) in [5.41, 5.74) is 0.181. The van der Waals surface area contributed by atoms with Gasteiger partial charge in [0.2, 0.25) is 0 Å². The maximum atomic E-state index is 11.6. The van der Waals surface area contributed by atoms with Gasteiger partial charge >= 0.3 is 5.97 Å². The van der Waals surface area contributed by atoms with Crippen molar-refractivity contribution in [3.63, 3.8) is 0 Å². The zero-order chi connectivity index (χ0) is 12.1. The zero-order valence-electron chi connectivity index (χ0n) is 9.61. The molecule has 16 heavy (non-hydrogen) atoms. The molecule has 1 aromatic rings. The van der Waals surface area contributed by atoms with E-state index in [9.17, 15) is 4.79 Å². The van der Waals surface area contributed by atoms with E-state index in [1.54, 1.807) is 0 Å². The first-order valence-corrected chi connectivity index (χ1v) is 5.55. The lowest BCUT2D eigenvalue weighted by Gasteiger charge is -2.14. The van der Waals surface area contributed by atoms with Gasteiger partial charge in [-0.2, -0.15) is 0 Å². The monoisotopic (exact) mass is 242 g/mol. The third kappa shape index (κ3) is 4.14. The molecule has 1 atom stereocenters. The predicted octanol–water partition coefficient (Wildman–Crippen LogP) is 2.72. The van der Waals surface area contributed by atoms with Crippen LogP contribution in [0.2, 0.25) is 5.15 Å². The van der Waals surface area contributed by atoms with E-state index in [0.717, 1.165) is 6.42 Å². The Balaban J connectivity index is 2.55. The molecule has 0 fully saturated rings. The first-order valence-electron chi connectivity index (χ1n) is 5.17. The van der Waals surface area contributed by atoms with Crippen molar-refractivity contribution in [2.24, 2.45) is 5.92 Å². The van der Waals surface area contributed by atoms with E-state index in [2.05, 4.69) is 23.8 Å². The van der Waals surface area contributed by atoms with Crippen molar-refractivity contribution in [2.75, 3.05) is 0 Å². The predicted molar refractivity (Wildman–Crippen MR) is 61.4 cm³/mol. The van der Waals surface area contributed by atoms with Crippen LogP contribution in [0, 0.1) is 5.92 Å². The number of rotatable bonds is 4. The molecule has 0 N–H and O–H groups in total. The lowest BCUT2D eigenvalue weighted by Crippen LogP contribution is -2.18. The number of nitrogens with zero attached hydrogens (tertiary/aromatic N) is 2. The molecule has 88 valence electrons. The van der Waals surface area contributed by atoms with Crippen LogP contribution in [0.4, 0.5) is 0 Å². The van der Waals surface area contributed by atoms with Crippen molar-refractivity contribution in [2.45, 2.75) is 33.3 Å². The number of esters is 1. The zero-order valence-corrected chi connectivity index (χ0v) is 10.4. The molecule has 0 saturated heterocycles. The van der Waals surface area contributed by atoms with E-state index in [1.807, 2.05) is 6.92 Å². The van der Waals surface area contributed by atoms with Crippen LogP contribution in [0.25, 0.3) is 0 Å². The van der Waals surface area contributed by atoms with Gasteiger partial charge in [-0.25, -0.2) is 14.8 Å². The van der Waals surface area contributed by atoms with Crippen molar-refractivity contribution in [3.8, 4) is 0 Å². The van der Waals surface area contributed by atoms with Crippen LogP contribution in [-0.2, 0) is 4.74 Å². The third-order valence-electron chi connectivity index (χ3n) is 1.94. The summed E-state index contributed by atoms with van der Waals surface area (Å²) in [6.07, 6.45) is 3.34. The summed E-state index contributed by atoms with van der Waals surface area (Å²) in [6.45, 7) is 6.01. The van der Waals surface area contributed by atoms with Crippen LogP contribution >= 0.6 is 11.6 Å². The Morgan fingerprint density at radius 2 is 2.06 bits per heavy atom. The molecule has 0 bridgehead atoms. The Hall–Kier alpha value is -1.16. The number of ether oxygens (including phenoxy) is 1. The molecule has 0 spiro atoms. The molecule has 0 amide bonds. The molecule has 0 radical (unpaired) electrons. The van der Waals surface area contributed by atoms with Gasteiger partial charge in [-0.15, -0.1) is 0 Å². The minimum Gasteiger partial charge on any atom is -0.458 e. The van der Waals surface area contributed by atoms with Crippen molar-refractivity contribution in [3.05, 3.63) is 23.2 Å². The number of carbonyl (C=O) groups is 1. The largest absolute Gasteiger partial charge is 0.458 e. The fourth-order valence-electron chi connectivity index (χ4n) is 1.37. The summed E-state index contributed by atoms with van der Waals surface area (Å²) in [4.78, 5) is 19.2. The van der Waals surface area contributed by atoms with Crippen LogP contribution < -0.4 is 0 Å². The fourth-order valence-corrected chi connectivity index (χ4v) is 1.47. The minimum absolute atomic E-state index is 0.120. The van der Waals surface area contributed by atoms with Gasteiger partial charge in [0.15, 0.2) is 5.69 Å². The Kier molecular flexibility index (Phi) is 4.68. The van der Waals surface area contributed by atoms with Crippen LogP contribution in [-0.4, -0.2) is 22.0 Å². The second kappa shape index (κ2) is 5.80. The average molecular weight is 243 g/mol. The van der Waals surface area contributed by atoms with Gasteiger partial charge in [0, 0.05) is 0 Å². The lowest BCUT2D eigenvalue weighted by molar-refractivity contribution is 0.0292. The van der Waals surface area contributed by atoms with Gasteiger partial charge in [0.05, 0.1) is 18.5 Å². The summed E-state index contributed by atoms with van der Waals surface area (Å²) >= 11 is 5.57. The standard InChI is InChI=1S/C11H15ClN2O2/c1-7(2)4-8(3)16-11(15)9-5-14-10(12)6-13-9/h5-8H,4H2,1-3H3. The first kappa shape index (κ1) is 12.9. The van der Waals surface area contributed by atoms with Gasteiger partial charge in [-0.3, -0.25) is 0 Å². The van der Waals surface area contributed by atoms with E-state index in [1.165, 1.54) is 12.4 Å². The molecule has 1 aromatic heterocycles. The normalized spacial score (nSPS) is 12.6. The average Bonchev–Trinajstić information content (AvgIpc) is 2.16. The highest BCUT2D eigenvalue weighted by molar-refractivity contribution is 6.29. The highest BCUT2D eigenvalue weighted by Crippen LogP contribution is 2.10. The molecule has 0 aromatic carbocycles. The Morgan fingerprint density at radius 3 is 2.56 bits per heavy atom. The molecule has 0 saturated carbocycles. The molecule has 1 unspecified atom stereocenters. The molecule has 0 aliphatic rings. The summed E-state index contributed by atoms with van der Waals surface area (Å²) in [7, 11) is 0. The quantitative estimate of drug-likeness (QED) is 0.762. The maximum absolute atomic E-state index is 11.6. The maximum Gasteiger partial charge on any atom is 0.358 e. The molecular weight excluding hydrogens is 228 g/mol. The van der Waals surface area contributed by atoms with E-state index in [-0.39, 0.29) is 17.0 Å². The molecule has 0 aliphatic heterocycles. The van der Waals surface area contributed by atoms with Crippen LogP contribution in [0.1, 0.15) is 37.7 Å². The van der Waals surface area contributed by atoms with E-state index in [4.69, 9.17) is 16.3 Å². The molecule has 5 heteroatoms. The summed E-state index contributed by atoms with van der Waals surface area (Å²) in [5, 5.41) is 0.256. The molecule has 1 rings (SSSR count).